The summed E-state index contributed by atoms with van der Waals surface area (Å²) in [6, 6.07) is 6.94. The molecule has 1 saturated heterocycles. The SMILES string of the molecule is CN(Cc1ccco1)C(=O)COC(=O)C1CCN(S(=O)(=O)c2cccc(C(F)(F)F)c2)CC1. The maximum absolute atomic E-state index is 12.9. The summed E-state index contributed by atoms with van der Waals surface area (Å²) in [4.78, 5) is 25.3. The number of benzene rings is 1. The number of sulfonamides is 1. The second-order valence-electron chi connectivity index (χ2n) is 7.64. The zero-order valence-corrected chi connectivity index (χ0v) is 18.6. The van der Waals surface area contributed by atoms with Gasteiger partial charge in [0.15, 0.2) is 6.61 Å². The number of piperidine rings is 1. The minimum atomic E-state index is -4.66. The van der Waals surface area contributed by atoms with E-state index >= 15 is 0 Å². The second-order valence-corrected chi connectivity index (χ2v) is 9.58. The molecule has 2 heterocycles. The quantitative estimate of drug-likeness (QED) is 0.556. The molecule has 0 atom stereocenters. The molecule has 1 amide bonds. The molecule has 1 aromatic carbocycles. The Morgan fingerprint density at radius 3 is 2.48 bits per heavy atom. The zero-order chi connectivity index (χ0) is 24.2. The Morgan fingerprint density at radius 2 is 1.88 bits per heavy atom. The van der Waals surface area contributed by atoms with Crippen LogP contribution in [0.1, 0.15) is 24.2 Å². The molecular formula is C21H23F3N2O6S. The summed E-state index contributed by atoms with van der Waals surface area (Å²) < 4.78 is 75.6. The van der Waals surface area contributed by atoms with Crippen LogP contribution in [-0.2, 0) is 37.1 Å². The van der Waals surface area contributed by atoms with Gasteiger partial charge in [0.05, 0.1) is 29.2 Å². The number of nitrogens with zero attached hydrogens (tertiary/aromatic N) is 2. The van der Waals surface area contributed by atoms with E-state index < -0.39 is 51.1 Å². The maximum Gasteiger partial charge on any atom is 0.416 e. The lowest BCUT2D eigenvalue weighted by Gasteiger charge is -2.30. The number of likely N-dealkylation sites (N-methyl/N-ethyl adjacent to an activating group) is 1. The summed E-state index contributed by atoms with van der Waals surface area (Å²) in [6.07, 6.45) is -2.92. The predicted molar refractivity (Wildman–Crippen MR) is 109 cm³/mol. The molecule has 0 spiro atoms. The molecule has 1 fully saturated rings. The first-order valence-electron chi connectivity index (χ1n) is 10.1. The summed E-state index contributed by atoms with van der Waals surface area (Å²) in [7, 11) is -2.61. The van der Waals surface area contributed by atoms with Crippen LogP contribution in [0.5, 0.6) is 0 Å². The molecule has 1 aromatic heterocycles. The third-order valence-corrected chi connectivity index (χ3v) is 7.22. The molecule has 180 valence electrons. The van der Waals surface area contributed by atoms with Gasteiger partial charge < -0.3 is 14.1 Å². The second kappa shape index (κ2) is 9.96. The number of furan rings is 1. The van der Waals surface area contributed by atoms with Gasteiger partial charge in [0.1, 0.15) is 5.76 Å². The van der Waals surface area contributed by atoms with Gasteiger partial charge in [0.25, 0.3) is 5.91 Å². The van der Waals surface area contributed by atoms with Gasteiger partial charge in [-0.05, 0) is 43.2 Å². The van der Waals surface area contributed by atoms with Gasteiger partial charge in [-0.3, -0.25) is 9.59 Å². The number of esters is 1. The smallest absolute Gasteiger partial charge is 0.416 e. The van der Waals surface area contributed by atoms with Crippen LogP contribution in [0, 0.1) is 5.92 Å². The Morgan fingerprint density at radius 1 is 1.18 bits per heavy atom. The highest BCUT2D eigenvalue weighted by Gasteiger charge is 2.35. The molecule has 0 aliphatic carbocycles. The highest BCUT2D eigenvalue weighted by molar-refractivity contribution is 7.89. The van der Waals surface area contributed by atoms with Crippen molar-refractivity contribution in [2.24, 2.45) is 5.92 Å². The fourth-order valence-corrected chi connectivity index (χ4v) is 4.92. The zero-order valence-electron chi connectivity index (χ0n) is 17.7. The van der Waals surface area contributed by atoms with E-state index in [0.29, 0.717) is 11.8 Å². The van der Waals surface area contributed by atoms with Crippen LogP contribution in [-0.4, -0.2) is 56.2 Å². The van der Waals surface area contributed by atoms with Gasteiger partial charge in [0, 0.05) is 20.1 Å². The Labute approximate surface area is 189 Å². The van der Waals surface area contributed by atoms with Crippen LogP contribution in [0.4, 0.5) is 13.2 Å². The molecule has 0 bridgehead atoms. The number of carbonyl (C=O) groups excluding carboxylic acids is 2. The van der Waals surface area contributed by atoms with Crippen molar-refractivity contribution in [3.8, 4) is 0 Å². The normalized spacial score (nSPS) is 15.9. The van der Waals surface area contributed by atoms with Crippen molar-refractivity contribution in [3.05, 3.63) is 54.0 Å². The molecular weight excluding hydrogens is 465 g/mol. The van der Waals surface area contributed by atoms with E-state index in [9.17, 15) is 31.2 Å². The Balaban J connectivity index is 1.51. The van der Waals surface area contributed by atoms with Crippen LogP contribution in [0.3, 0.4) is 0 Å². The summed E-state index contributed by atoms with van der Waals surface area (Å²) in [5, 5.41) is 0. The van der Waals surface area contributed by atoms with Crippen molar-refractivity contribution in [3.63, 3.8) is 0 Å². The Kier molecular flexibility index (Phi) is 7.48. The van der Waals surface area contributed by atoms with E-state index in [1.165, 1.54) is 18.2 Å². The number of rotatable bonds is 7. The van der Waals surface area contributed by atoms with E-state index in [1.807, 2.05) is 0 Å². The first-order chi connectivity index (χ1) is 15.5. The highest BCUT2D eigenvalue weighted by atomic mass is 32.2. The number of hydrogen-bond donors (Lipinski definition) is 0. The van der Waals surface area contributed by atoms with Crippen molar-refractivity contribution >= 4 is 21.9 Å². The van der Waals surface area contributed by atoms with Gasteiger partial charge in [-0.25, -0.2) is 8.42 Å². The van der Waals surface area contributed by atoms with Crippen LogP contribution >= 0.6 is 0 Å². The van der Waals surface area contributed by atoms with Crippen LogP contribution < -0.4 is 0 Å². The molecule has 3 rings (SSSR count). The fraction of sp³-hybridized carbons (Fsp3) is 0.429. The molecule has 1 aliphatic heterocycles. The number of halogens is 3. The van der Waals surface area contributed by atoms with Crippen molar-refractivity contribution < 1.29 is 40.3 Å². The predicted octanol–water partition coefficient (Wildman–Crippen LogP) is 2.90. The highest BCUT2D eigenvalue weighted by Crippen LogP contribution is 2.32. The molecule has 8 nitrogen and oxygen atoms in total. The Bertz CT molecular complexity index is 1080. The third-order valence-electron chi connectivity index (χ3n) is 5.32. The summed E-state index contributed by atoms with van der Waals surface area (Å²) in [5.41, 5.74) is -1.05. The van der Waals surface area contributed by atoms with E-state index in [0.717, 1.165) is 22.5 Å². The van der Waals surface area contributed by atoms with Crippen molar-refractivity contribution in [1.29, 1.82) is 0 Å². The number of alkyl halides is 3. The number of amides is 1. The average molecular weight is 488 g/mol. The van der Waals surface area contributed by atoms with Crippen LogP contribution in [0.25, 0.3) is 0 Å². The van der Waals surface area contributed by atoms with E-state index in [1.54, 1.807) is 12.1 Å². The van der Waals surface area contributed by atoms with Gasteiger partial charge in [-0.15, -0.1) is 0 Å². The van der Waals surface area contributed by atoms with Crippen molar-refractivity contribution in [2.75, 3.05) is 26.7 Å². The molecule has 33 heavy (non-hydrogen) atoms. The maximum atomic E-state index is 12.9. The first-order valence-corrected chi connectivity index (χ1v) is 11.5. The number of hydrogen-bond acceptors (Lipinski definition) is 6. The molecule has 12 heteroatoms. The minimum absolute atomic E-state index is 0.0509. The van der Waals surface area contributed by atoms with Crippen molar-refractivity contribution in [2.45, 2.75) is 30.5 Å². The van der Waals surface area contributed by atoms with E-state index in [-0.39, 0.29) is 32.5 Å². The van der Waals surface area contributed by atoms with Crippen LogP contribution in [0.15, 0.2) is 52.0 Å². The third kappa shape index (κ3) is 6.14. The standard InChI is InChI=1S/C21H23F3N2O6S/c1-25(13-17-5-3-11-31-17)19(27)14-32-20(28)15-7-9-26(10-8-15)33(29,30)18-6-2-4-16(12-18)21(22,23)24/h2-6,11-12,15H,7-10,13-14H2,1H3. The number of ether oxygens (including phenoxy) is 1. The lowest BCUT2D eigenvalue weighted by molar-refractivity contribution is -0.156. The molecule has 2 aromatic rings. The van der Waals surface area contributed by atoms with Gasteiger partial charge in [-0.1, -0.05) is 6.07 Å². The Hall–Kier alpha value is -2.86. The van der Waals surface area contributed by atoms with E-state index in [4.69, 9.17) is 9.15 Å². The molecule has 0 N–H and O–H groups in total. The van der Waals surface area contributed by atoms with Gasteiger partial charge >= 0.3 is 12.1 Å². The van der Waals surface area contributed by atoms with Crippen LogP contribution in [0.2, 0.25) is 0 Å². The fourth-order valence-electron chi connectivity index (χ4n) is 3.40. The van der Waals surface area contributed by atoms with Gasteiger partial charge in [-0.2, -0.15) is 17.5 Å². The van der Waals surface area contributed by atoms with E-state index in [2.05, 4.69) is 0 Å². The average Bonchev–Trinajstić information content (AvgIpc) is 3.29. The monoisotopic (exact) mass is 488 g/mol. The lowest BCUT2D eigenvalue weighted by atomic mass is 9.98. The molecule has 0 radical (unpaired) electrons. The topological polar surface area (TPSA) is 97.1 Å². The number of carbonyl (C=O) groups is 2. The van der Waals surface area contributed by atoms with Gasteiger partial charge in [0.2, 0.25) is 10.0 Å². The molecule has 0 unspecified atom stereocenters. The minimum Gasteiger partial charge on any atom is -0.467 e. The summed E-state index contributed by atoms with van der Waals surface area (Å²) in [6.45, 7) is -0.344. The summed E-state index contributed by atoms with van der Waals surface area (Å²) >= 11 is 0. The molecule has 1 aliphatic rings. The lowest BCUT2D eigenvalue weighted by Crippen LogP contribution is -2.41. The first kappa shape index (κ1) is 24.8. The van der Waals surface area contributed by atoms with Crippen molar-refractivity contribution in [1.82, 2.24) is 9.21 Å². The largest absolute Gasteiger partial charge is 0.467 e. The molecule has 0 saturated carbocycles. The summed E-state index contributed by atoms with van der Waals surface area (Å²) in [5.74, 6) is -1.08.